The molecule has 29 heavy (non-hydrogen) atoms. The summed E-state index contributed by atoms with van der Waals surface area (Å²) in [7, 11) is 0. The molecule has 0 radical (unpaired) electrons. The number of nitrogens with one attached hydrogen (secondary N) is 2. The summed E-state index contributed by atoms with van der Waals surface area (Å²) >= 11 is 0. The number of hydrogen-bond donors (Lipinski definition) is 2. The molecular formula is C21H25N5O3. The van der Waals surface area contributed by atoms with Gasteiger partial charge in [-0.2, -0.15) is 5.21 Å². The first-order valence-corrected chi connectivity index (χ1v) is 9.64. The third-order valence-electron chi connectivity index (χ3n) is 5.73. The summed E-state index contributed by atoms with van der Waals surface area (Å²) in [6.07, 6.45) is 2.28. The van der Waals surface area contributed by atoms with Crippen LogP contribution in [0.3, 0.4) is 0 Å². The van der Waals surface area contributed by atoms with Crippen LogP contribution in [0.2, 0.25) is 0 Å². The third kappa shape index (κ3) is 3.62. The third-order valence-corrected chi connectivity index (χ3v) is 5.73. The molecule has 8 nitrogen and oxygen atoms in total. The summed E-state index contributed by atoms with van der Waals surface area (Å²) in [5.41, 5.74) is 3.92. The van der Waals surface area contributed by atoms with E-state index in [2.05, 4.69) is 65.8 Å². The van der Waals surface area contributed by atoms with Gasteiger partial charge in [-0.25, -0.2) is 0 Å². The fraction of sp³-hybridized carbons (Fsp3) is 0.429. The van der Waals surface area contributed by atoms with Gasteiger partial charge in [0.15, 0.2) is 5.76 Å². The molecule has 0 aliphatic heterocycles. The molecule has 8 heteroatoms. The van der Waals surface area contributed by atoms with Crippen LogP contribution in [0.4, 0.5) is 5.95 Å². The number of carbonyl (C=O) groups excluding carboxylic acids is 1. The molecule has 3 aromatic rings. The average molecular weight is 395 g/mol. The van der Waals surface area contributed by atoms with E-state index in [1.807, 2.05) is 6.92 Å². The lowest BCUT2D eigenvalue weighted by molar-refractivity contribution is 0.0991. The molecular weight excluding hydrogens is 370 g/mol. The Balaban J connectivity index is 1.59. The van der Waals surface area contributed by atoms with E-state index in [1.54, 1.807) is 12.1 Å². The van der Waals surface area contributed by atoms with Crippen LogP contribution < -0.4 is 10.1 Å². The van der Waals surface area contributed by atoms with Crippen molar-refractivity contribution in [2.45, 2.75) is 58.3 Å². The first kappa shape index (κ1) is 19.2. The van der Waals surface area contributed by atoms with E-state index >= 15 is 0 Å². The van der Waals surface area contributed by atoms with Gasteiger partial charge in [0.1, 0.15) is 5.75 Å². The summed E-state index contributed by atoms with van der Waals surface area (Å²) in [5, 5.41) is 15.5. The topological polar surface area (TPSA) is 106 Å². The van der Waals surface area contributed by atoms with Crippen molar-refractivity contribution in [1.29, 1.82) is 0 Å². The van der Waals surface area contributed by atoms with Gasteiger partial charge in [-0.1, -0.05) is 38.9 Å². The molecule has 2 N–H and O–H groups in total. The van der Waals surface area contributed by atoms with Crippen molar-refractivity contribution in [2.75, 3.05) is 5.32 Å². The van der Waals surface area contributed by atoms with E-state index in [4.69, 9.17) is 9.15 Å². The van der Waals surface area contributed by atoms with Gasteiger partial charge < -0.3 is 9.15 Å². The summed E-state index contributed by atoms with van der Waals surface area (Å²) in [4.78, 5) is 12.2. The number of aromatic amines is 1. The van der Waals surface area contributed by atoms with E-state index < -0.39 is 5.91 Å². The molecule has 0 atom stereocenters. The first-order chi connectivity index (χ1) is 13.7. The predicted octanol–water partition coefficient (Wildman–Crippen LogP) is 4.49. The molecule has 0 fully saturated rings. The molecule has 0 unspecified atom stereocenters. The second-order valence-corrected chi connectivity index (χ2v) is 8.84. The molecule has 152 valence electrons. The van der Waals surface area contributed by atoms with Crippen molar-refractivity contribution in [3.05, 3.63) is 46.7 Å². The number of tetrazole rings is 1. The molecule has 2 aromatic heterocycles. The number of benzene rings is 1. The maximum absolute atomic E-state index is 12.2. The highest BCUT2D eigenvalue weighted by molar-refractivity contribution is 6.01. The number of hydrogen-bond acceptors (Lipinski definition) is 6. The Morgan fingerprint density at radius 2 is 1.83 bits per heavy atom. The Morgan fingerprint density at radius 3 is 2.48 bits per heavy atom. The van der Waals surface area contributed by atoms with Crippen molar-refractivity contribution < 1.29 is 13.9 Å². The van der Waals surface area contributed by atoms with Gasteiger partial charge in [0, 0.05) is 6.07 Å². The highest BCUT2D eigenvalue weighted by Gasteiger charge is 2.37. The van der Waals surface area contributed by atoms with E-state index in [0.29, 0.717) is 0 Å². The number of aryl methyl sites for hydroxylation is 1. The quantitative estimate of drug-likeness (QED) is 0.674. The number of H-pyrrole nitrogens is 1. The number of carbonyl (C=O) groups is 1. The minimum Gasteiger partial charge on any atom is -0.426 e. The summed E-state index contributed by atoms with van der Waals surface area (Å²) in [5.74, 6) is 0.672. The molecule has 0 bridgehead atoms. The Bertz CT molecular complexity index is 1050. The zero-order valence-corrected chi connectivity index (χ0v) is 17.3. The maximum atomic E-state index is 12.2. The molecule has 0 saturated carbocycles. The summed E-state index contributed by atoms with van der Waals surface area (Å²) in [6, 6.07) is 7.51. The molecule has 0 spiro atoms. The second kappa shape index (κ2) is 6.72. The minimum absolute atomic E-state index is 0.0734. The number of fused-ring (bicyclic) bond motifs is 1. The fourth-order valence-corrected chi connectivity index (χ4v) is 3.80. The number of nitrogens with zero attached hydrogens (tertiary/aromatic N) is 3. The normalized spacial score (nSPS) is 16.9. The van der Waals surface area contributed by atoms with E-state index in [1.165, 1.54) is 11.1 Å². The van der Waals surface area contributed by atoms with E-state index in [9.17, 15) is 4.79 Å². The summed E-state index contributed by atoms with van der Waals surface area (Å²) < 4.78 is 11.6. The number of amides is 1. The van der Waals surface area contributed by atoms with Crippen LogP contribution in [-0.2, 0) is 10.8 Å². The molecule has 1 aliphatic rings. The standard InChI is InChI=1S/C21H25N5O3/c1-12-10-13-14(21(4,5)9-8-20(13,2)3)11-16(12)29-17-7-6-15(28-17)18(27)22-19-23-25-26-24-19/h6-7,10-11H,8-9H2,1-5H3,(H2,22,23,24,25,26,27). The van der Waals surface area contributed by atoms with E-state index in [-0.39, 0.29) is 28.5 Å². The highest BCUT2D eigenvalue weighted by atomic mass is 16.6. The predicted molar refractivity (Wildman–Crippen MR) is 107 cm³/mol. The van der Waals surface area contributed by atoms with Crippen LogP contribution in [0.25, 0.3) is 0 Å². The fourth-order valence-electron chi connectivity index (χ4n) is 3.80. The number of furan rings is 1. The number of aromatic nitrogens is 4. The minimum atomic E-state index is -0.480. The lowest BCUT2D eigenvalue weighted by atomic mass is 9.63. The maximum Gasteiger partial charge on any atom is 0.293 e. The van der Waals surface area contributed by atoms with Gasteiger partial charge in [-0.3, -0.25) is 10.1 Å². The van der Waals surface area contributed by atoms with Crippen molar-refractivity contribution in [2.24, 2.45) is 0 Å². The van der Waals surface area contributed by atoms with Gasteiger partial charge in [0.25, 0.3) is 17.8 Å². The zero-order valence-electron chi connectivity index (χ0n) is 17.3. The lowest BCUT2D eigenvalue weighted by Crippen LogP contribution is -2.33. The van der Waals surface area contributed by atoms with Gasteiger partial charge in [0.05, 0.1) is 0 Å². The van der Waals surface area contributed by atoms with Crippen molar-refractivity contribution >= 4 is 11.9 Å². The number of ether oxygens (including phenoxy) is 1. The van der Waals surface area contributed by atoms with Crippen molar-refractivity contribution in [3.8, 4) is 11.7 Å². The largest absolute Gasteiger partial charge is 0.426 e. The molecule has 2 heterocycles. The van der Waals surface area contributed by atoms with Gasteiger partial charge in [-0.05, 0) is 64.6 Å². The summed E-state index contributed by atoms with van der Waals surface area (Å²) in [6.45, 7) is 11.2. The monoisotopic (exact) mass is 395 g/mol. The van der Waals surface area contributed by atoms with Gasteiger partial charge in [-0.15, -0.1) is 5.10 Å². The Kier molecular flexibility index (Phi) is 4.44. The molecule has 1 aromatic carbocycles. The first-order valence-electron chi connectivity index (χ1n) is 9.64. The molecule has 1 aliphatic carbocycles. The Labute approximate surface area is 169 Å². The van der Waals surface area contributed by atoms with Crippen LogP contribution in [-0.4, -0.2) is 26.5 Å². The van der Waals surface area contributed by atoms with Crippen LogP contribution in [0.5, 0.6) is 11.7 Å². The molecule has 4 rings (SSSR count). The van der Waals surface area contributed by atoms with Gasteiger partial charge >= 0.3 is 0 Å². The SMILES string of the molecule is Cc1cc2c(cc1Oc1ccc(C(=O)Nc3nn[nH]n3)o1)C(C)(C)CCC2(C)C. The van der Waals surface area contributed by atoms with Crippen LogP contribution in [0.15, 0.2) is 28.7 Å². The van der Waals surface area contributed by atoms with Crippen LogP contribution in [0, 0.1) is 6.92 Å². The number of rotatable bonds is 4. The van der Waals surface area contributed by atoms with Crippen molar-refractivity contribution in [1.82, 2.24) is 20.6 Å². The second-order valence-electron chi connectivity index (χ2n) is 8.84. The van der Waals surface area contributed by atoms with Crippen LogP contribution in [0.1, 0.15) is 67.8 Å². The van der Waals surface area contributed by atoms with Crippen LogP contribution >= 0.6 is 0 Å². The average Bonchev–Trinajstić information content (AvgIpc) is 3.32. The van der Waals surface area contributed by atoms with Crippen molar-refractivity contribution in [3.63, 3.8) is 0 Å². The van der Waals surface area contributed by atoms with Gasteiger partial charge in [0.2, 0.25) is 0 Å². The number of anilines is 1. The smallest absolute Gasteiger partial charge is 0.293 e. The van der Waals surface area contributed by atoms with E-state index in [0.717, 1.165) is 24.2 Å². The Morgan fingerprint density at radius 1 is 1.14 bits per heavy atom. The molecule has 0 saturated heterocycles. The lowest BCUT2D eigenvalue weighted by Gasteiger charge is -2.42. The highest BCUT2D eigenvalue weighted by Crippen LogP contribution is 2.48. The molecule has 1 amide bonds. The zero-order chi connectivity index (χ0) is 20.8. The Hall–Kier alpha value is -3.16.